The fraction of sp³-hybridized carbons (Fsp3) is 0.300. The molecular weight excluding hydrogens is 300 g/mol. The molecule has 2 amide bonds. The van der Waals surface area contributed by atoms with E-state index in [2.05, 4.69) is 5.32 Å². The Morgan fingerprint density at radius 1 is 1.04 bits per heavy atom. The molecule has 0 aliphatic heterocycles. The summed E-state index contributed by atoms with van der Waals surface area (Å²) < 4.78 is 0. The number of hydrogen-bond acceptors (Lipinski definition) is 2. The van der Waals surface area contributed by atoms with Crippen molar-refractivity contribution in [3.63, 3.8) is 0 Å². The van der Waals surface area contributed by atoms with E-state index < -0.39 is 11.8 Å². The summed E-state index contributed by atoms with van der Waals surface area (Å²) in [7, 11) is 1.66. The molecule has 1 atom stereocenters. The van der Waals surface area contributed by atoms with Crippen molar-refractivity contribution in [3.05, 3.63) is 71.8 Å². The van der Waals surface area contributed by atoms with Gasteiger partial charge in [-0.05, 0) is 29.9 Å². The molecule has 0 aromatic heterocycles. The van der Waals surface area contributed by atoms with Crippen molar-refractivity contribution in [2.75, 3.05) is 7.05 Å². The van der Waals surface area contributed by atoms with Crippen LogP contribution < -0.4 is 5.32 Å². The van der Waals surface area contributed by atoms with E-state index in [4.69, 9.17) is 0 Å². The second-order valence-electron chi connectivity index (χ2n) is 6.35. The van der Waals surface area contributed by atoms with Gasteiger partial charge in [0.15, 0.2) is 0 Å². The highest BCUT2D eigenvalue weighted by atomic mass is 16.2. The van der Waals surface area contributed by atoms with Gasteiger partial charge in [-0.2, -0.15) is 0 Å². The molecule has 24 heavy (non-hydrogen) atoms. The van der Waals surface area contributed by atoms with E-state index in [1.807, 2.05) is 60.7 Å². The van der Waals surface area contributed by atoms with Gasteiger partial charge in [0.05, 0.1) is 6.04 Å². The Bertz CT molecular complexity index is 696. The van der Waals surface area contributed by atoms with Gasteiger partial charge < -0.3 is 10.2 Å². The molecule has 124 valence electrons. The second-order valence-corrected chi connectivity index (χ2v) is 6.35. The quantitative estimate of drug-likeness (QED) is 0.861. The molecule has 0 saturated heterocycles. The number of rotatable bonds is 5. The average molecular weight is 322 g/mol. The maximum atomic E-state index is 12.4. The Balaban J connectivity index is 1.63. The highest BCUT2D eigenvalue weighted by Gasteiger charge is 2.34. The lowest BCUT2D eigenvalue weighted by atomic mass is 10.0. The van der Waals surface area contributed by atoms with Crippen LogP contribution in [0.4, 0.5) is 0 Å². The number of benzene rings is 2. The van der Waals surface area contributed by atoms with Gasteiger partial charge in [-0.1, -0.05) is 60.7 Å². The van der Waals surface area contributed by atoms with Gasteiger partial charge in [0.1, 0.15) is 0 Å². The number of hydrogen-bond donors (Lipinski definition) is 1. The number of amides is 2. The Kier molecular flexibility index (Phi) is 4.94. The van der Waals surface area contributed by atoms with Gasteiger partial charge in [0, 0.05) is 13.6 Å². The molecule has 0 bridgehead atoms. The van der Waals surface area contributed by atoms with E-state index in [0.717, 1.165) is 24.0 Å². The van der Waals surface area contributed by atoms with Crippen LogP contribution in [0.1, 0.15) is 30.0 Å². The number of carbonyl (C=O) groups excluding carboxylic acids is 2. The summed E-state index contributed by atoms with van der Waals surface area (Å²) in [6, 6.07) is 19.5. The minimum atomic E-state index is -0.533. The summed E-state index contributed by atoms with van der Waals surface area (Å²) in [4.78, 5) is 26.2. The Hall–Kier alpha value is -2.62. The van der Waals surface area contributed by atoms with Crippen LogP contribution in [-0.2, 0) is 16.1 Å². The van der Waals surface area contributed by atoms with E-state index in [-0.39, 0.29) is 6.04 Å². The second kappa shape index (κ2) is 7.30. The average Bonchev–Trinajstić information content (AvgIpc) is 3.45. The van der Waals surface area contributed by atoms with Crippen molar-refractivity contribution >= 4 is 11.8 Å². The highest BCUT2D eigenvalue weighted by Crippen LogP contribution is 2.40. The highest BCUT2D eigenvalue weighted by molar-refractivity contribution is 6.35. The maximum absolute atomic E-state index is 12.4. The SMILES string of the molecule is CN(Cc1ccccc1)C(=O)C(=O)NC(c1ccccc1)C1CC1. The maximum Gasteiger partial charge on any atom is 0.311 e. The molecule has 1 saturated carbocycles. The fourth-order valence-electron chi connectivity index (χ4n) is 2.87. The van der Waals surface area contributed by atoms with Crippen LogP contribution in [0.25, 0.3) is 0 Å². The monoisotopic (exact) mass is 322 g/mol. The first-order chi connectivity index (χ1) is 11.6. The Morgan fingerprint density at radius 2 is 1.62 bits per heavy atom. The van der Waals surface area contributed by atoms with Crippen molar-refractivity contribution in [2.24, 2.45) is 5.92 Å². The normalized spacial score (nSPS) is 14.7. The van der Waals surface area contributed by atoms with Gasteiger partial charge in [-0.15, -0.1) is 0 Å². The van der Waals surface area contributed by atoms with Crippen molar-refractivity contribution in [3.8, 4) is 0 Å². The molecule has 0 radical (unpaired) electrons. The summed E-state index contributed by atoms with van der Waals surface area (Å²) in [6.45, 7) is 0.423. The zero-order valence-corrected chi connectivity index (χ0v) is 13.8. The molecule has 1 fully saturated rings. The van der Waals surface area contributed by atoms with Crippen molar-refractivity contribution < 1.29 is 9.59 Å². The lowest BCUT2D eigenvalue weighted by molar-refractivity contribution is -0.145. The van der Waals surface area contributed by atoms with Crippen molar-refractivity contribution in [1.82, 2.24) is 10.2 Å². The fourth-order valence-corrected chi connectivity index (χ4v) is 2.87. The summed E-state index contributed by atoms with van der Waals surface area (Å²) >= 11 is 0. The molecule has 1 aliphatic rings. The van der Waals surface area contributed by atoms with Crippen LogP contribution in [0.3, 0.4) is 0 Å². The van der Waals surface area contributed by atoms with E-state index in [1.165, 1.54) is 4.90 Å². The molecule has 4 nitrogen and oxygen atoms in total. The Morgan fingerprint density at radius 3 is 2.21 bits per heavy atom. The number of carbonyl (C=O) groups is 2. The lowest BCUT2D eigenvalue weighted by Crippen LogP contribution is -2.42. The first-order valence-electron chi connectivity index (χ1n) is 8.30. The van der Waals surface area contributed by atoms with Gasteiger partial charge in [0.2, 0.25) is 0 Å². The van der Waals surface area contributed by atoms with Crippen molar-refractivity contribution in [1.29, 1.82) is 0 Å². The zero-order chi connectivity index (χ0) is 16.9. The van der Waals surface area contributed by atoms with E-state index in [1.54, 1.807) is 7.05 Å². The molecule has 0 spiro atoms. The molecule has 3 rings (SSSR count). The third-order valence-corrected chi connectivity index (χ3v) is 4.34. The van der Waals surface area contributed by atoms with Crippen molar-refractivity contribution in [2.45, 2.75) is 25.4 Å². The zero-order valence-electron chi connectivity index (χ0n) is 13.8. The molecular formula is C20H22N2O2. The molecule has 1 aliphatic carbocycles. The minimum absolute atomic E-state index is 0.0761. The first-order valence-corrected chi connectivity index (χ1v) is 8.30. The van der Waals surface area contributed by atoms with Gasteiger partial charge >= 0.3 is 11.8 Å². The molecule has 1 N–H and O–H groups in total. The molecule has 0 heterocycles. The standard InChI is InChI=1S/C20H22N2O2/c1-22(14-15-8-4-2-5-9-15)20(24)19(23)21-18(17-12-13-17)16-10-6-3-7-11-16/h2-11,17-18H,12-14H2,1H3,(H,21,23). The van der Waals surface area contributed by atoms with Gasteiger partial charge in [-0.3, -0.25) is 9.59 Å². The summed E-state index contributed by atoms with van der Waals surface area (Å²) in [5.74, 6) is -0.599. The lowest BCUT2D eigenvalue weighted by Gasteiger charge is -2.21. The van der Waals surface area contributed by atoms with E-state index >= 15 is 0 Å². The van der Waals surface area contributed by atoms with Crippen LogP contribution in [0, 0.1) is 5.92 Å². The summed E-state index contributed by atoms with van der Waals surface area (Å²) in [6.07, 6.45) is 2.18. The number of likely N-dealkylation sites (N-methyl/N-ethyl adjacent to an activating group) is 1. The molecule has 2 aromatic rings. The third-order valence-electron chi connectivity index (χ3n) is 4.34. The van der Waals surface area contributed by atoms with Crippen LogP contribution in [0.2, 0.25) is 0 Å². The van der Waals surface area contributed by atoms with E-state index in [9.17, 15) is 9.59 Å². The van der Waals surface area contributed by atoms with Crippen LogP contribution >= 0.6 is 0 Å². The minimum Gasteiger partial charge on any atom is -0.341 e. The number of nitrogens with zero attached hydrogens (tertiary/aromatic N) is 1. The third kappa shape index (κ3) is 4.02. The molecule has 4 heteroatoms. The predicted octanol–water partition coefficient (Wildman–Crippen LogP) is 2.91. The Labute approximate surface area is 142 Å². The molecule has 1 unspecified atom stereocenters. The number of nitrogens with one attached hydrogen (secondary N) is 1. The largest absolute Gasteiger partial charge is 0.341 e. The van der Waals surface area contributed by atoms with Crippen LogP contribution in [0.15, 0.2) is 60.7 Å². The smallest absolute Gasteiger partial charge is 0.311 e. The first kappa shape index (κ1) is 16.2. The summed E-state index contributed by atoms with van der Waals surface area (Å²) in [5.41, 5.74) is 2.06. The van der Waals surface area contributed by atoms with Gasteiger partial charge in [-0.25, -0.2) is 0 Å². The predicted molar refractivity (Wildman–Crippen MR) is 93.0 cm³/mol. The van der Waals surface area contributed by atoms with Gasteiger partial charge in [0.25, 0.3) is 0 Å². The van der Waals surface area contributed by atoms with Crippen LogP contribution in [-0.4, -0.2) is 23.8 Å². The summed E-state index contributed by atoms with van der Waals surface area (Å²) in [5, 5.41) is 2.93. The molecule has 2 aromatic carbocycles. The van der Waals surface area contributed by atoms with Crippen LogP contribution in [0.5, 0.6) is 0 Å². The topological polar surface area (TPSA) is 49.4 Å². The van der Waals surface area contributed by atoms with E-state index in [0.29, 0.717) is 12.5 Å².